The molecule has 0 saturated heterocycles. The van der Waals surface area contributed by atoms with E-state index in [1.165, 1.54) is 26.4 Å². The molecule has 1 aromatic carbocycles. The first-order chi connectivity index (χ1) is 7.58. The first-order valence-electron chi connectivity index (χ1n) is 4.83. The van der Waals surface area contributed by atoms with Gasteiger partial charge in [-0.3, -0.25) is 0 Å². The van der Waals surface area contributed by atoms with Gasteiger partial charge >= 0.3 is 0 Å². The highest BCUT2D eigenvalue weighted by Gasteiger charge is 2.18. The third kappa shape index (κ3) is 3.42. The highest BCUT2D eigenvalue weighted by Crippen LogP contribution is 2.19. The number of ether oxygens (including phenoxy) is 2. The van der Waals surface area contributed by atoms with E-state index in [0.29, 0.717) is 11.4 Å². The van der Waals surface area contributed by atoms with Crippen LogP contribution in [0.25, 0.3) is 0 Å². The zero-order valence-corrected chi connectivity index (χ0v) is 10.00. The average molecular weight is 248 g/mol. The Kier molecular flexibility index (Phi) is 5.15. The summed E-state index contributed by atoms with van der Waals surface area (Å²) in [5, 5.41) is 0.362. The normalized spacial score (nSPS) is 13.1. The molecule has 0 aliphatic heterocycles. The van der Waals surface area contributed by atoms with Gasteiger partial charge in [-0.15, -0.1) is 0 Å². The van der Waals surface area contributed by atoms with Crippen molar-refractivity contribution < 1.29 is 13.9 Å². The van der Waals surface area contributed by atoms with Crippen LogP contribution in [-0.4, -0.2) is 26.6 Å². The maximum Gasteiger partial charge on any atom is 0.172 e. The molecular weight excluding hydrogens is 233 g/mol. The van der Waals surface area contributed by atoms with E-state index >= 15 is 0 Å². The molecule has 0 fully saturated rings. The number of halogens is 2. The lowest BCUT2D eigenvalue weighted by Gasteiger charge is -2.21. The minimum absolute atomic E-state index is 0.349. The van der Waals surface area contributed by atoms with Crippen molar-refractivity contribution in [3.05, 3.63) is 34.6 Å². The molecule has 1 rings (SSSR count). The van der Waals surface area contributed by atoms with Crippen molar-refractivity contribution in [1.29, 1.82) is 0 Å². The van der Waals surface area contributed by atoms with Gasteiger partial charge in [0.15, 0.2) is 6.29 Å². The summed E-state index contributed by atoms with van der Waals surface area (Å²) in [5.74, 6) is -0.364. The monoisotopic (exact) mass is 247 g/mol. The summed E-state index contributed by atoms with van der Waals surface area (Å²) < 4.78 is 22.9. The van der Waals surface area contributed by atoms with E-state index in [2.05, 4.69) is 0 Å². The van der Waals surface area contributed by atoms with Gasteiger partial charge in [0.05, 0.1) is 6.04 Å². The number of hydrogen-bond donors (Lipinski definition) is 1. The van der Waals surface area contributed by atoms with E-state index in [9.17, 15) is 4.39 Å². The lowest BCUT2D eigenvalue weighted by Crippen LogP contribution is -2.39. The lowest BCUT2D eigenvalue weighted by molar-refractivity contribution is -0.115. The van der Waals surface area contributed by atoms with E-state index in [-0.39, 0.29) is 11.9 Å². The molecule has 1 unspecified atom stereocenters. The van der Waals surface area contributed by atoms with Gasteiger partial charge in [0.2, 0.25) is 0 Å². The number of nitrogens with two attached hydrogens (primary N) is 1. The molecule has 0 heterocycles. The van der Waals surface area contributed by atoms with E-state index in [4.69, 9.17) is 26.8 Å². The lowest BCUT2D eigenvalue weighted by atomic mass is 10.1. The second kappa shape index (κ2) is 6.15. The number of rotatable bonds is 5. The summed E-state index contributed by atoms with van der Waals surface area (Å²) in [6.07, 6.45) is -0.0352. The third-order valence-corrected chi connectivity index (χ3v) is 2.64. The summed E-state index contributed by atoms with van der Waals surface area (Å²) in [6.45, 7) is 0. The fraction of sp³-hybridized carbons (Fsp3) is 0.455. The Bertz CT molecular complexity index is 345. The van der Waals surface area contributed by atoms with Gasteiger partial charge in [0, 0.05) is 19.2 Å². The molecule has 2 N–H and O–H groups in total. The minimum Gasteiger partial charge on any atom is -0.354 e. The molecule has 0 aromatic heterocycles. The van der Waals surface area contributed by atoms with Gasteiger partial charge in [-0.25, -0.2) is 4.39 Å². The highest BCUT2D eigenvalue weighted by atomic mass is 35.5. The quantitative estimate of drug-likeness (QED) is 0.809. The highest BCUT2D eigenvalue weighted by molar-refractivity contribution is 6.31. The summed E-state index contributed by atoms with van der Waals surface area (Å²) in [4.78, 5) is 0. The topological polar surface area (TPSA) is 44.5 Å². The second-order valence-electron chi connectivity index (χ2n) is 3.44. The van der Waals surface area contributed by atoms with E-state index in [0.717, 1.165) is 5.56 Å². The van der Waals surface area contributed by atoms with Crippen molar-refractivity contribution in [3.8, 4) is 0 Å². The molecular formula is C11H15ClFNO2. The van der Waals surface area contributed by atoms with Gasteiger partial charge < -0.3 is 15.2 Å². The molecule has 0 amide bonds. The number of benzene rings is 1. The van der Waals surface area contributed by atoms with Crippen LogP contribution in [0.5, 0.6) is 0 Å². The van der Waals surface area contributed by atoms with Crippen LogP contribution < -0.4 is 5.73 Å². The molecule has 0 aliphatic carbocycles. The van der Waals surface area contributed by atoms with Crippen molar-refractivity contribution in [1.82, 2.24) is 0 Å². The minimum atomic E-state index is -0.499. The molecule has 90 valence electrons. The standard InChI is InChI=1S/C11H15ClFNO2/c1-15-11(16-2)10(14)5-7-3-4-8(13)6-9(7)12/h3-4,6,10-11H,5,14H2,1-2H3. The molecule has 0 aliphatic rings. The Morgan fingerprint density at radius 2 is 2.00 bits per heavy atom. The van der Waals surface area contributed by atoms with Crippen LogP contribution in [0.15, 0.2) is 18.2 Å². The van der Waals surface area contributed by atoms with Crippen molar-refractivity contribution >= 4 is 11.6 Å². The molecule has 16 heavy (non-hydrogen) atoms. The molecule has 1 aromatic rings. The van der Waals surface area contributed by atoms with Crippen LogP contribution in [0.1, 0.15) is 5.56 Å². The van der Waals surface area contributed by atoms with Crippen LogP contribution in [-0.2, 0) is 15.9 Å². The first kappa shape index (κ1) is 13.4. The summed E-state index contributed by atoms with van der Waals surface area (Å²) in [6, 6.07) is 3.87. The predicted octanol–water partition coefficient (Wildman–Crippen LogP) is 1.97. The van der Waals surface area contributed by atoms with Crippen LogP contribution in [0.2, 0.25) is 5.02 Å². The average Bonchev–Trinajstić information content (AvgIpc) is 2.24. The Labute approximate surface area is 99.3 Å². The van der Waals surface area contributed by atoms with E-state index in [1.54, 1.807) is 6.07 Å². The van der Waals surface area contributed by atoms with Crippen LogP contribution in [0.4, 0.5) is 4.39 Å². The van der Waals surface area contributed by atoms with Gasteiger partial charge in [-0.2, -0.15) is 0 Å². The Morgan fingerprint density at radius 1 is 1.38 bits per heavy atom. The SMILES string of the molecule is COC(OC)C(N)Cc1ccc(F)cc1Cl. The van der Waals surface area contributed by atoms with Gasteiger partial charge in [-0.05, 0) is 24.1 Å². The summed E-state index contributed by atoms with van der Waals surface area (Å²) >= 11 is 5.89. The maximum absolute atomic E-state index is 12.8. The molecule has 0 saturated carbocycles. The largest absolute Gasteiger partial charge is 0.354 e. The number of methoxy groups -OCH3 is 2. The first-order valence-corrected chi connectivity index (χ1v) is 5.21. The number of hydrogen-bond acceptors (Lipinski definition) is 3. The Hall–Kier alpha value is -0.680. The fourth-order valence-electron chi connectivity index (χ4n) is 1.48. The predicted molar refractivity (Wildman–Crippen MR) is 60.9 cm³/mol. The molecule has 0 bridgehead atoms. The summed E-state index contributed by atoms with van der Waals surface area (Å²) in [5.41, 5.74) is 6.65. The van der Waals surface area contributed by atoms with Gasteiger partial charge in [0.25, 0.3) is 0 Å². The van der Waals surface area contributed by atoms with E-state index < -0.39 is 6.29 Å². The molecule has 0 spiro atoms. The smallest absolute Gasteiger partial charge is 0.172 e. The van der Waals surface area contributed by atoms with Crippen LogP contribution in [0.3, 0.4) is 0 Å². The van der Waals surface area contributed by atoms with Crippen molar-refractivity contribution in [2.75, 3.05) is 14.2 Å². The molecule has 3 nitrogen and oxygen atoms in total. The Morgan fingerprint density at radius 3 is 2.50 bits per heavy atom. The zero-order chi connectivity index (χ0) is 12.1. The zero-order valence-electron chi connectivity index (χ0n) is 9.24. The van der Waals surface area contributed by atoms with Crippen molar-refractivity contribution in [2.24, 2.45) is 5.73 Å². The molecule has 1 atom stereocenters. The van der Waals surface area contributed by atoms with Crippen LogP contribution in [0, 0.1) is 5.82 Å². The van der Waals surface area contributed by atoms with Gasteiger partial charge in [-0.1, -0.05) is 17.7 Å². The van der Waals surface area contributed by atoms with Gasteiger partial charge in [0.1, 0.15) is 5.82 Å². The second-order valence-corrected chi connectivity index (χ2v) is 3.85. The summed E-state index contributed by atoms with van der Waals surface area (Å²) in [7, 11) is 3.03. The molecule has 0 radical (unpaired) electrons. The Balaban J connectivity index is 2.72. The maximum atomic E-state index is 12.8. The third-order valence-electron chi connectivity index (χ3n) is 2.28. The molecule has 5 heteroatoms. The van der Waals surface area contributed by atoms with E-state index in [1.807, 2.05) is 0 Å². The van der Waals surface area contributed by atoms with Crippen molar-refractivity contribution in [2.45, 2.75) is 18.8 Å². The van der Waals surface area contributed by atoms with Crippen LogP contribution >= 0.6 is 11.6 Å². The fourth-order valence-corrected chi connectivity index (χ4v) is 1.73. The van der Waals surface area contributed by atoms with Crippen molar-refractivity contribution in [3.63, 3.8) is 0 Å².